The number of hydrogen-bond donors (Lipinski definition) is 1. The molecule has 2 rings (SSSR count). The summed E-state index contributed by atoms with van der Waals surface area (Å²) in [4.78, 5) is 20.1. The van der Waals surface area contributed by atoms with Crippen molar-refractivity contribution in [2.75, 3.05) is 20.8 Å². The van der Waals surface area contributed by atoms with Crippen molar-refractivity contribution in [3.05, 3.63) is 62.6 Å². The van der Waals surface area contributed by atoms with Gasteiger partial charge in [-0.05, 0) is 34.5 Å². The lowest BCUT2D eigenvalue weighted by Crippen LogP contribution is -2.31. The van der Waals surface area contributed by atoms with Gasteiger partial charge in [0.05, 0.1) is 37.5 Å². The van der Waals surface area contributed by atoms with Crippen molar-refractivity contribution in [3.63, 3.8) is 0 Å². The minimum absolute atomic E-state index is 0.215. The van der Waals surface area contributed by atoms with Crippen molar-refractivity contribution in [2.45, 2.75) is 12.8 Å². The lowest BCUT2D eigenvalue weighted by Gasteiger charge is -2.29. The first-order valence-electron chi connectivity index (χ1n) is 6.80. The number of esters is 1. The lowest BCUT2D eigenvalue weighted by atomic mass is 9.84. The minimum Gasteiger partial charge on any atom is -0.466 e. The number of dihydropyridines is 1. The Hall–Kier alpha value is -2.17. The van der Waals surface area contributed by atoms with E-state index in [4.69, 9.17) is 16.0 Å². The number of aromatic nitrogens is 1. The van der Waals surface area contributed by atoms with E-state index in [1.54, 1.807) is 32.5 Å². The number of nitrogens with zero attached hydrogens (tertiary/aromatic N) is 2. The van der Waals surface area contributed by atoms with E-state index >= 15 is 0 Å². The summed E-state index contributed by atoms with van der Waals surface area (Å²) in [7, 11) is 2.87. The summed E-state index contributed by atoms with van der Waals surface area (Å²) in [6, 6.07) is 1.78. The Morgan fingerprint density at radius 1 is 1.52 bits per heavy atom. The fourth-order valence-electron chi connectivity index (χ4n) is 2.57. The topological polar surface area (TPSA) is 64.8 Å². The van der Waals surface area contributed by atoms with E-state index in [2.05, 4.69) is 31.1 Å². The molecule has 1 atom stereocenters. The Morgan fingerprint density at radius 2 is 2.26 bits per heavy atom. The maximum Gasteiger partial charge on any atom is 0.335 e. The summed E-state index contributed by atoms with van der Waals surface area (Å²) in [6.45, 7) is 9.54. The summed E-state index contributed by atoms with van der Waals surface area (Å²) < 4.78 is 10.8. The molecule has 1 N–H and O–H groups in total. The molecule has 0 aromatic carbocycles. The molecule has 6 nitrogen and oxygen atoms in total. The van der Waals surface area contributed by atoms with Gasteiger partial charge in [0.1, 0.15) is 0 Å². The Balaban J connectivity index is 2.72. The molecule has 0 saturated carbocycles. The molecule has 1 aliphatic rings. The largest absolute Gasteiger partial charge is 0.466 e. The molecule has 120 valence electrons. The van der Waals surface area contributed by atoms with Crippen LogP contribution in [0.4, 0.5) is 0 Å². The van der Waals surface area contributed by atoms with E-state index in [1.165, 1.54) is 7.11 Å². The molecule has 0 bridgehead atoms. The fourth-order valence-corrected chi connectivity index (χ4v) is 3.04. The van der Waals surface area contributed by atoms with Crippen LogP contribution in [-0.2, 0) is 14.3 Å². The molecule has 1 aromatic heterocycles. The van der Waals surface area contributed by atoms with Crippen molar-refractivity contribution < 1.29 is 14.3 Å². The zero-order chi connectivity index (χ0) is 17.0. The normalized spacial score (nSPS) is 17.6. The first kappa shape index (κ1) is 17.2. The molecular weight excluding hydrogens is 362 g/mol. The Kier molecular flexibility index (Phi) is 5.53. The van der Waals surface area contributed by atoms with Crippen molar-refractivity contribution in [1.29, 1.82) is 0 Å². The van der Waals surface area contributed by atoms with Crippen LogP contribution in [0.2, 0.25) is 0 Å². The van der Waals surface area contributed by atoms with Crippen LogP contribution in [0, 0.1) is 6.57 Å². The maximum atomic E-state index is 12.4. The molecule has 0 spiro atoms. The first-order chi connectivity index (χ1) is 11.0. The van der Waals surface area contributed by atoms with E-state index in [0.717, 1.165) is 10.0 Å². The highest BCUT2D eigenvalue weighted by Crippen LogP contribution is 2.41. The summed E-state index contributed by atoms with van der Waals surface area (Å²) in [6.07, 6.45) is 3.27. The standard InChI is InChI=1S/C16H16BrN3O3/c1-9-15(18-2)13(10-5-6-19-7-11(10)17)14(16(21)23-4)12(20-9)8-22-3/h5-7,13,20H,8H2,1,3-4H3. The molecule has 1 aliphatic heterocycles. The third kappa shape index (κ3) is 3.28. The Morgan fingerprint density at radius 3 is 2.83 bits per heavy atom. The van der Waals surface area contributed by atoms with Gasteiger partial charge in [-0.15, -0.1) is 0 Å². The maximum absolute atomic E-state index is 12.4. The van der Waals surface area contributed by atoms with Crippen LogP contribution in [0.5, 0.6) is 0 Å². The highest BCUT2D eigenvalue weighted by Gasteiger charge is 2.36. The van der Waals surface area contributed by atoms with E-state index in [1.807, 2.05) is 0 Å². The zero-order valence-corrected chi connectivity index (χ0v) is 14.6. The number of methoxy groups -OCH3 is 2. The van der Waals surface area contributed by atoms with Crippen LogP contribution in [0.1, 0.15) is 18.4 Å². The Labute approximate surface area is 143 Å². The van der Waals surface area contributed by atoms with Crippen LogP contribution in [0.3, 0.4) is 0 Å². The number of halogens is 1. The number of ether oxygens (including phenoxy) is 2. The molecule has 0 aliphatic carbocycles. The SMILES string of the molecule is [C-]#[N+]C1=C(C)NC(COC)=C(C(=O)OC)C1c1ccncc1Br. The third-order valence-corrected chi connectivity index (χ3v) is 4.20. The molecule has 0 saturated heterocycles. The molecule has 1 unspecified atom stereocenters. The highest BCUT2D eigenvalue weighted by molar-refractivity contribution is 9.10. The Bertz CT molecular complexity index is 734. The van der Waals surface area contributed by atoms with Crippen LogP contribution in [0.25, 0.3) is 4.85 Å². The molecule has 2 heterocycles. The van der Waals surface area contributed by atoms with Gasteiger partial charge in [0.25, 0.3) is 0 Å². The van der Waals surface area contributed by atoms with Crippen LogP contribution < -0.4 is 5.32 Å². The molecule has 0 radical (unpaired) electrons. The number of rotatable bonds is 4. The fraction of sp³-hybridized carbons (Fsp3) is 0.312. The van der Waals surface area contributed by atoms with Gasteiger partial charge in [0.15, 0.2) is 5.70 Å². The minimum atomic E-state index is -0.538. The first-order valence-corrected chi connectivity index (χ1v) is 7.59. The van der Waals surface area contributed by atoms with Crippen molar-refractivity contribution in [2.24, 2.45) is 0 Å². The molecule has 0 amide bonds. The molecular formula is C16H16BrN3O3. The summed E-state index contributed by atoms with van der Waals surface area (Å²) in [5, 5.41) is 3.09. The smallest absolute Gasteiger partial charge is 0.335 e. The number of hydrogen-bond acceptors (Lipinski definition) is 5. The lowest BCUT2D eigenvalue weighted by molar-refractivity contribution is -0.136. The quantitative estimate of drug-likeness (QED) is 0.645. The van der Waals surface area contributed by atoms with Gasteiger partial charge in [0.2, 0.25) is 0 Å². The van der Waals surface area contributed by atoms with E-state index in [0.29, 0.717) is 22.7 Å². The second-order valence-corrected chi connectivity index (χ2v) is 5.75. The van der Waals surface area contributed by atoms with Crippen molar-refractivity contribution in [1.82, 2.24) is 10.3 Å². The average molecular weight is 378 g/mol. The van der Waals surface area contributed by atoms with E-state index in [-0.39, 0.29) is 6.61 Å². The van der Waals surface area contributed by atoms with Gasteiger partial charge < -0.3 is 14.8 Å². The predicted molar refractivity (Wildman–Crippen MR) is 88.0 cm³/mol. The second-order valence-electron chi connectivity index (χ2n) is 4.89. The number of carbonyl (C=O) groups excluding carboxylic acids is 1. The van der Waals surface area contributed by atoms with Crippen LogP contribution >= 0.6 is 15.9 Å². The summed E-state index contributed by atoms with van der Waals surface area (Å²) in [5.41, 5.74) is 2.88. The highest BCUT2D eigenvalue weighted by atomic mass is 79.9. The predicted octanol–water partition coefficient (Wildman–Crippen LogP) is 2.76. The number of pyridine rings is 1. The van der Waals surface area contributed by atoms with Gasteiger partial charge in [-0.1, -0.05) is 0 Å². The molecule has 7 heteroatoms. The zero-order valence-electron chi connectivity index (χ0n) is 13.0. The summed E-state index contributed by atoms with van der Waals surface area (Å²) >= 11 is 3.45. The average Bonchev–Trinajstić information content (AvgIpc) is 2.54. The van der Waals surface area contributed by atoms with Crippen molar-refractivity contribution >= 4 is 21.9 Å². The van der Waals surface area contributed by atoms with Gasteiger partial charge in [-0.3, -0.25) is 4.98 Å². The second kappa shape index (κ2) is 7.40. The van der Waals surface area contributed by atoms with Gasteiger partial charge >= 0.3 is 5.97 Å². The number of carbonyl (C=O) groups is 1. The summed E-state index contributed by atoms with van der Waals surface area (Å²) in [5.74, 6) is -1.03. The third-order valence-electron chi connectivity index (χ3n) is 3.54. The van der Waals surface area contributed by atoms with Gasteiger partial charge in [0, 0.05) is 29.7 Å². The van der Waals surface area contributed by atoms with Gasteiger partial charge in [-0.2, -0.15) is 0 Å². The van der Waals surface area contributed by atoms with Crippen molar-refractivity contribution in [3.8, 4) is 0 Å². The molecule has 1 aromatic rings. The number of nitrogens with one attached hydrogen (secondary N) is 1. The van der Waals surface area contributed by atoms with E-state index in [9.17, 15) is 4.79 Å². The van der Waals surface area contributed by atoms with Crippen LogP contribution in [0.15, 0.2) is 45.6 Å². The molecule has 0 fully saturated rings. The van der Waals surface area contributed by atoms with E-state index < -0.39 is 11.9 Å². The van der Waals surface area contributed by atoms with Crippen LogP contribution in [-0.4, -0.2) is 31.8 Å². The monoisotopic (exact) mass is 377 g/mol. The van der Waals surface area contributed by atoms with Gasteiger partial charge in [-0.25, -0.2) is 9.64 Å². The number of allylic oxidation sites excluding steroid dienone is 2. The molecule has 23 heavy (non-hydrogen) atoms.